The molecule has 0 radical (unpaired) electrons. The van der Waals surface area contributed by atoms with E-state index in [9.17, 15) is 10.1 Å². The Morgan fingerprint density at radius 2 is 1.88 bits per heavy atom. The highest BCUT2D eigenvalue weighted by Crippen LogP contribution is 2.25. The lowest BCUT2D eigenvalue weighted by atomic mass is 10.2. The maximum atomic E-state index is 11.0. The highest BCUT2D eigenvalue weighted by Gasteiger charge is 2.22. The molecule has 134 valence electrons. The molecule has 1 aliphatic heterocycles. The summed E-state index contributed by atoms with van der Waals surface area (Å²) in [6, 6.07) is 6.70. The fraction of sp³-hybridized carbons (Fsp3) is 0.312. The number of nitro groups is 1. The Hall–Kier alpha value is -3.43. The largest absolute Gasteiger partial charge is 0.383 e. The molecule has 0 atom stereocenters. The Bertz CT molecular complexity index is 978. The van der Waals surface area contributed by atoms with Crippen LogP contribution in [0.3, 0.4) is 0 Å². The molecule has 0 saturated carbocycles. The van der Waals surface area contributed by atoms with Crippen molar-refractivity contribution in [3.05, 3.63) is 40.6 Å². The third kappa shape index (κ3) is 2.75. The average Bonchev–Trinajstić information content (AvgIpc) is 3.03. The monoisotopic (exact) mass is 354 g/mol. The molecular weight excluding hydrogens is 336 g/mol. The van der Waals surface area contributed by atoms with Crippen molar-refractivity contribution < 1.29 is 4.92 Å². The number of piperazine rings is 1. The molecular formula is C16H18N8O2. The summed E-state index contributed by atoms with van der Waals surface area (Å²) >= 11 is 0. The lowest BCUT2D eigenvalue weighted by Gasteiger charge is -2.36. The average molecular weight is 354 g/mol. The first-order chi connectivity index (χ1) is 12.5. The molecule has 26 heavy (non-hydrogen) atoms. The maximum Gasteiger partial charge on any atom is 0.271 e. The summed E-state index contributed by atoms with van der Waals surface area (Å²) in [4.78, 5) is 23.8. The van der Waals surface area contributed by atoms with Gasteiger partial charge in [0.25, 0.3) is 5.69 Å². The molecule has 1 aliphatic rings. The first-order valence-corrected chi connectivity index (χ1v) is 8.22. The Balaban J connectivity index is 1.53. The predicted octanol–water partition coefficient (Wildman–Crippen LogP) is 1.18. The van der Waals surface area contributed by atoms with Crippen LogP contribution >= 0.6 is 0 Å². The Labute approximate surface area is 149 Å². The number of benzene rings is 1. The quantitative estimate of drug-likeness (QED) is 0.550. The van der Waals surface area contributed by atoms with Crippen LogP contribution in [0.5, 0.6) is 0 Å². The van der Waals surface area contributed by atoms with Crippen molar-refractivity contribution in [3.8, 4) is 0 Å². The lowest BCUT2D eigenvalue weighted by Crippen LogP contribution is -2.47. The number of nitrogens with zero attached hydrogens (tertiary/aromatic N) is 7. The summed E-state index contributed by atoms with van der Waals surface area (Å²) < 4.78 is 1.68. The predicted molar refractivity (Wildman–Crippen MR) is 98.2 cm³/mol. The number of non-ortho nitro benzene ring substituents is 1. The van der Waals surface area contributed by atoms with Gasteiger partial charge in [0.05, 0.1) is 16.5 Å². The third-order valence-corrected chi connectivity index (χ3v) is 4.58. The normalized spacial score (nSPS) is 14.8. The number of aryl methyl sites for hydroxylation is 1. The van der Waals surface area contributed by atoms with Crippen LogP contribution in [0.25, 0.3) is 11.0 Å². The van der Waals surface area contributed by atoms with E-state index in [0.29, 0.717) is 43.6 Å². The van der Waals surface area contributed by atoms with Crippen LogP contribution in [0.15, 0.2) is 30.5 Å². The Morgan fingerprint density at radius 3 is 2.62 bits per heavy atom. The molecule has 3 heterocycles. The van der Waals surface area contributed by atoms with Gasteiger partial charge in [0.15, 0.2) is 5.65 Å². The van der Waals surface area contributed by atoms with Crippen molar-refractivity contribution >= 4 is 34.2 Å². The van der Waals surface area contributed by atoms with Crippen LogP contribution < -0.4 is 15.5 Å². The summed E-state index contributed by atoms with van der Waals surface area (Å²) in [5, 5.41) is 15.9. The number of hydrogen-bond donors (Lipinski definition) is 1. The van der Waals surface area contributed by atoms with Gasteiger partial charge in [-0.05, 0) is 6.07 Å². The zero-order chi connectivity index (χ0) is 18.3. The van der Waals surface area contributed by atoms with Gasteiger partial charge in [0, 0.05) is 51.0 Å². The van der Waals surface area contributed by atoms with Gasteiger partial charge in [-0.25, -0.2) is 0 Å². The van der Waals surface area contributed by atoms with E-state index in [0.717, 1.165) is 11.1 Å². The highest BCUT2D eigenvalue weighted by atomic mass is 16.6. The van der Waals surface area contributed by atoms with Gasteiger partial charge in [-0.3, -0.25) is 14.8 Å². The van der Waals surface area contributed by atoms with Gasteiger partial charge in [0.1, 0.15) is 5.82 Å². The smallest absolute Gasteiger partial charge is 0.271 e. The van der Waals surface area contributed by atoms with Gasteiger partial charge >= 0.3 is 0 Å². The summed E-state index contributed by atoms with van der Waals surface area (Å²) in [6.45, 7) is 2.83. The van der Waals surface area contributed by atoms with Gasteiger partial charge in [-0.15, -0.1) is 0 Å². The summed E-state index contributed by atoms with van der Waals surface area (Å²) in [6.07, 6.45) is 1.66. The fourth-order valence-corrected chi connectivity index (χ4v) is 3.14. The van der Waals surface area contributed by atoms with Crippen LogP contribution in [0.2, 0.25) is 0 Å². The first kappa shape index (κ1) is 16.1. The molecule has 1 aromatic carbocycles. The van der Waals surface area contributed by atoms with Crippen LogP contribution in [-0.4, -0.2) is 50.9 Å². The third-order valence-electron chi connectivity index (χ3n) is 4.58. The topological polar surface area (TPSA) is 119 Å². The summed E-state index contributed by atoms with van der Waals surface area (Å²) in [7, 11) is 1.82. The Morgan fingerprint density at radius 1 is 1.15 bits per heavy atom. The van der Waals surface area contributed by atoms with Crippen molar-refractivity contribution in [2.45, 2.75) is 0 Å². The molecule has 0 amide bonds. The number of nitrogens with two attached hydrogens (primary N) is 1. The van der Waals surface area contributed by atoms with Crippen LogP contribution in [0.4, 0.5) is 23.1 Å². The SMILES string of the molecule is Cn1ncc2c(N)nc(N3CCN(c4cccc([N+](=O)[O-])c4)CC3)nc21. The van der Waals surface area contributed by atoms with E-state index in [2.05, 4.69) is 24.9 Å². The fourth-order valence-electron chi connectivity index (χ4n) is 3.14. The Kier molecular flexibility index (Phi) is 3.79. The van der Waals surface area contributed by atoms with E-state index in [1.807, 2.05) is 13.1 Å². The molecule has 4 rings (SSSR count). The minimum Gasteiger partial charge on any atom is -0.383 e. The molecule has 0 bridgehead atoms. The molecule has 2 N–H and O–H groups in total. The molecule has 0 spiro atoms. The second-order valence-corrected chi connectivity index (χ2v) is 6.17. The van der Waals surface area contributed by atoms with Gasteiger partial charge in [-0.2, -0.15) is 15.1 Å². The molecule has 10 heteroatoms. The molecule has 0 aliphatic carbocycles. The van der Waals surface area contributed by atoms with Gasteiger partial charge in [0.2, 0.25) is 5.95 Å². The van der Waals surface area contributed by atoms with Gasteiger partial charge in [-0.1, -0.05) is 6.07 Å². The zero-order valence-corrected chi connectivity index (χ0v) is 14.2. The highest BCUT2D eigenvalue weighted by molar-refractivity contribution is 5.86. The zero-order valence-electron chi connectivity index (χ0n) is 14.2. The second-order valence-electron chi connectivity index (χ2n) is 6.17. The lowest BCUT2D eigenvalue weighted by molar-refractivity contribution is -0.384. The van der Waals surface area contributed by atoms with E-state index in [1.165, 1.54) is 6.07 Å². The van der Waals surface area contributed by atoms with E-state index < -0.39 is 0 Å². The first-order valence-electron chi connectivity index (χ1n) is 8.22. The van der Waals surface area contributed by atoms with Crippen molar-refractivity contribution in [2.24, 2.45) is 7.05 Å². The van der Waals surface area contributed by atoms with Crippen molar-refractivity contribution in [1.82, 2.24) is 19.7 Å². The molecule has 1 fully saturated rings. The van der Waals surface area contributed by atoms with Crippen molar-refractivity contribution in [3.63, 3.8) is 0 Å². The molecule has 3 aromatic rings. The molecule has 0 unspecified atom stereocenters. The van der Waals surface area contributed by atoms with Crippen molar-refractivity contribution in [1.29, 1.82) is 0 Å². The standard InChI is InChI=1S/C16H18N8O2/c1-21-15-13(10-18-21)14(17)19-16(20-15)23-7-5-22(6-8-23)11-3-2-4-12(9-11)24(25)26/h2-4,9-10H,5-8H2,1H3,(H2,17,19,20). The number of nitrogen functional groups attached to an aromatic ring is 1. The van der Waals surface area contributed by atoms with Crippen LogP contribution in [0, 0.1) is 10.1 Å². The minimum absolute atomic E-state index is 0.0997. The minimum atomic E-state index is -0.376. The van der Waals surface area contributed by atoms with E-state index >= 15 is 0 Å². The maximum absolute atomic E-state index is 11.0. The number of fused-ring (bicyclic) bond motifs is 1. The van der Waals surface area contributed by atoms with Crippen LogP contribution in [-0.2, 0) is 7.05 Å². The number of aromatic nitrogens is 4. The number of hydrogen-bond acceptors (Lipinski definition) is 8. The molecule has 10 nitrogen and oxygen atoms in total. The van der Waals surface area contributed by atoms with Crippen molar-refractivity contribution in [2.75, 3.05) is 41.7 Å². The second kappa shape index (κ2) is 6.14. The van der Waals surface area contributed by atoms with Crippen LogP contribution in [0.1, 0.15) is 0 Å². The van der Waals surface area contributed by atoms with E-state index in [1.54, 1.807) is 23.0 Å². The number of nitro benzene ring substituents is 1. The number of anilines is 3. The summed E-state index contributed by atoms with van der Waals surface area (Å²) in [5.74, 6) is 0.997. The summed E-state index contributed by atoms with van der Waals surface area (Å²) in [5.41, 5.74) is 7.69. The van der Waals surface area contributed by atoms with E-state index in [4.69, 9.17) is 5.73 Å². The molecule has 1 saturated heterocycles. The molecule has 2 aromatic heterocycles. The van der Waals surface area contributed by atoms with Gasteiger partial charge < -0.3 is 15.5 Å². The number of rotatable bonds is 3. The van der Waals surface area contributed by atoms with E-state index in [-0.39, 0.29) is 10.6 Å².